The van der Waals surface area contributed by atoms with Crippen LogP contribution in [0.15, 0.2) is 22.7 Å². The lowest BCUT2D eigenvalue weighted by Gasteiger charge is -2.34. The van der Waals surface area contributed by atoms with Crippen LogP contribution in [0.3, 0.4) is 0 Å². The second-order valence-corrected chi connectivity index (χ2v) is 6.72. The number of halogens is 2. The van der Waals surface area contributed by atoms with Gasteiger partial charge in [0.15, 0.2) is 0 Å². The Balaban J connectivity index is 1.95. The third-order valence-electron chi connectivity index (χ3n) is 4.94. The molecule has 0 heterocycles. The van der Waals surface area contributed by atoms with Gasteiger partial charge in [-0.1, -0.05) is 18.6 Å². The van der Waals surface area contributed by atoms with Gasteiger partial charge in [-0.15, -0.1) is 0 Å². The molecule has 2 aliphatic rings. The zero-order chi connectivity index (χ0) is 13.6. The standard InChI is InChI=1S/C15H16BrFO2/c16-13-10(2-1-3-12(13)17)8-15(14(18)19)7-9-4-5-11(15)6-9/h1-3,9,11H,4-8H2,(H,18,19). The summed E-state index contributed by atoms with van der Waals surface area (Å²) in [6.07, 6.45) is 4.37. The lowest BCUT2D eigenvalue weighted by molar-refractivity contribution is -0.152. The van der Waals surface area contributed by atoms with Crippen molar-refractivity contribution in [3.63, 3.8) is 0 Å². The highest BCUT2D eigenvalue weighted by Gasteiger charge is 2.55. The Morgan fingerprint density at radius 2 is 2.26 bits per heavy atom. The molecular formula is C15H16BrFO2. The highest BCUT2D eigenvalue weighted by molar-refractivity contribution is 9.10. The van der Waals surface area contributed by atoms with E-state index in [1.54, 1.807) is 6.07 Å². The molecule has 3 unspecified atom stereocenters. The number of hydrogen-bond donors (Lipinski definition) is 1. The molecule has 0 aromatic heterocycles. The maximum absolute atomic E-state index is 13.6. The maximum atomic E-state index is 13.6. The van der Waals surface area contributed by atoms with Gasteiger partial charge in [0.25, 0.3) is 0 Å². The maximum Gasteiger partial charge on any atom is 0.310 e. The zero-order valence-corrected chi connectivity index (χ0v) is 12.1. The summed E-state index contributed by atoms with van der Waals surface area (Å²) in [7, 11) is 0. The van der Waals surface area contributed by atoms with Gasteiger partial charge in [-0.05, 0) is 65.1 Å². The molecule has 3 rings (SSSR count). The molecule has 1 aromatic rings. The molecule has 1 N–H and O–H groups in total. The quantitative estimate of drug-likeness (QED) is 0.910. The molecule has 2 saturated carbocycles. The van der Waals surface area contributed by atoms with Gasteiger partial charge in [0.1, 0.15) is 5.82 Å². The number of benzene rings is 1. The van der Waals surface area contributed by atoms with E-state index < -0.39 is 11.4 Å². The van der Waals surface area contributed by atoms with E-state index in [9.17, 15) is 14.3 Å². The summed E-state index contributed by atoms with van der Waals surface area (Å²) in [5.74, 6) is -0.226. The zero-order valence-electron chi connectivity index (χ0n) is 10.5. The van der Waals surface area contributed by atoms with Crippen LogP contribution in [0, 0.1) is 23.1 Å². The average molecular weight is 327 g/mol. The van der Waals surface area contributed by atoms with Crippen molar-refractivity contribution in [2.75, 3.05) is 0 Å². The van der Waals surface area contributed by atoms with Crippen molar-refractivity contribution in [1.82, 2.24) is 0 Å². The van der Waals surface area contributed by atoms with Crippen LogP contribution >= 0.6 is 15.9 Å². The number of rotatable bonds is 3. The molecule has 0 spiro atoms. The lowest BCUT2D eigenvalue weighted by Crippen LogP contribution is -2.38. The van der Waals surface area contributed by atoms with Crippen molar-refractivity contribution in [3.8, 4) is 0 Å². The number of fused-ring (bicyclic) bond motifs is 2. The topological polar surface area (TPSA) is 37.3 Å². The third-order valence-corrected chi connectivity index (χ3v) is 5.83. The van der Waals surface area contributed by atoms with E-state index in [-0.39, 0.29) is 11.7 Å². The molecule has 2 aliphatic carbocycles. The number of carboxylic acids is 1. The summed E-state index contributed by atoms with van der Waals surface area (Å²) in [5.41, 5.74) is 0.0918. The second-order valence-electron chi connectivity index (χ2n) is 5.93. The largest absolute Gasteiger partial charge is 0.481 e. The van der Waals surface area contributed by atoms with E-state index in [2.05, 4.69) is 15.9 Å². The fraction of sp³-hybridized carbons (Fsp3) is 0.533. The molecule has 102 valence electrons. The first-order valence-electron chi connectivity index (χ1n) is 6.69. The van der Waals surface area contributed by atoms with Crippen LogP contribution < -0.4 is 0 Å². The summed E-state index contributed by atoms with van der Waals surface area (Å²) < 4.78 is 14.0. The molecule has 4 heteroatoms. The van der Waals surface area contributed by atoms with Crippen LogP contribution in [0.2, 0.25) is 0 Å². The van der Waals surface area contributed by atoms with Gasteiger partial charge < -0.3 is 5.11 Å². The highest BCUT2D eigenvalue weighted by Crippen LogP contribution is 2.57. The van der Waals surface area contributed by atoms with Gasteiger partial charge in [0, 0.05) is 0 Å². The lowest BCUT2D eigenvalue weighted by atomic mass is 9.69. The summed E-state index contributed by atoms with van der Waals surface area (Å²) >= 11 is 3.25. The van der Waals surface area contributed by atoms with Gasteiger partial charge in [-0.2, -0.15) is 0 Å². The van der Waals surface area contributed by atoms with Gasteiger partial charge in [0.2, 0.25) is 0 Å². The predicted molar refractivity (Wildman–Crippen MR) is 73.3 cm³/mol. The van der Waals surface area contributed by atoms with Crippen LogP contribution in [-0.2, 0) is 11.2 Å². The molecule has 1 aromatic carbocycles. The van der Waals surface area contributed by atoms with Crippen molar-refractivity contribution in [1.29, 1.82) is 0 Å². The second kappa shape index (κ2) is 4.58. The molecule has 2 bridgehead atoms. The van der Waals surface area contributed by atoms with Crippen LogP contribution in [0.4, 0.5) is 4.39 Å². The van der Waals surface area contributed by atoms with Crippen LogP contribution in [0.1, 0.15) is 31.2 Å². The first-order chi connectivity index (χ1) is 9.03. The molecular weight excluding hydrogens is 311 g/mol. The average Bonchev–Trinajstić information content (AvgIpc) is 2.96. The number of hydrogen-bond acceptors (Lipinski definition) is 1. The summed E-state index contributed by atoms with van der Waals surface area (Å²) in [6, 6.07) is 4.86. The Kier molecular flexibility index (Phi) is 3.16. The minimum absolute atomic E-state index is 0.255. The Bertz CT molecular complexity index is 531. The fourth-order valence-corrected chi connectivity index (χ4v) is 4.43. The van der Waals surface area contributed by atoms with Crippen LogP contribution in [-0.4, -0.2) is 11.1 Å². The van der Waals surface area contributed by atoms with Gasteiger partial charge in [-0.3, -0.25) is 4.79 Å². The SMILES string of the molecule is O=C(O)C1(Cc2cccc(F)c2Br)CC2CCC1C2. The van der Waals surface area contributed by atoms with Crippen molar-refractivity contribution >= 4 is 21.9 Å². The highest BCUT2D eigenvalue weighted by atomic mass is 79.9. The van der Waals surface area contributed by atoms with E-state index in [1.807, 2.05) is 6.07 Å². The van der Waals surface area contributed by atoms with Crippen LogP contribution in [0.5, 0.6) is 0 Å². The fourth-order valence-electron chi connectivity index (χ4n) is 4.02. The third kappa shape index (κ3) is 2.00. The van der Waals surface area contributed by atoms with Crippen molar-refractivity contribution < 1.29 is 14.3 Å². The van der Waals surface area contributed by atoms with E-state index in [0.29, 0.717) is 16.8 Å². The van der Waals surface area contributed by atoms with Gasteiger partial charge in [0.05, 0.1) is 9.89 Å². The van der Waals surface area contributed by atoms with Gasteiger partial charge in [-0.25, -0.2) is 4.39 Å². The minimum atomic E-state index is -0.712. The Morgan fingerprint density at radius 1 is 1.47 bits per heavy atom. The Hall–Kier alpha value is -0.900. The monoisotopic (exact) mass is 326 g/mol. The molecule has 0 saturated heterocycles. The number of carboxylic acid groups (broad SMARTS) is 1. The van der Waals surface area contributed by atoms with E-state index in [4.69, 9.17) is 0 Å². The normalized spacial score (nSPS) is 32.7. The first kappa shape index (κ1) is 13.1. The number of carbonyl (C=O) groups is 1. The molecule has 2 nitrogen and oxygen atoms in total. The van der Waals surface area contributed by atoms with Crippen molar-refractivity contribution in [2.24, 2.45) is 17.3 Å². The van der Waals surface area contributed by atoms with E-state index in [1.165, 1.54) is 6.07 Å². The summed E-state index contributed by atoms with van der Waals surface area (Å²) in [4.78, 5) is 11.8. The van der Waals surface area contributed by atoms with E-state index in [0.717, 1.165) is 31.2 Å². The smallest absolute Gasteiger partial charge is 0.310 e. The van der Waals surface area contributed by atoms with E-state index >= 15 is 0 Å². The Morgan fingerprint density at radius 3 is 2.84 bits per heavy atom. The molecule has 19 heavy (non-hydrogen) atoms. The molecule has 0 aliphatic heterocycles. The Labute approximate surface area is 120 Å². The molecule has 0 radical (unpaired) electrons. The minimum Gasteiger partial charge on any atom is -0.481 e. The first-order valence-corrected chi connectivity index (χ1v) is 7.48. The van der Waals surface area contributed by atoms with Crippen LogP contribution in [0.25, 0.3) is 0 Å². The van der Waals surface area contributed by atoms with Crippen molar-refractivity contribution in [2.45, 2.75) is 32.1 Å². The predicted octanol–water partition coefficient (Wildman–Crippen LogP) is 4.02. The summed E-state index contributed by atoms with van der Waals surface area (Å²) in [6.45, 7) is 0. The molecule has 0 amide bonds. The molecule has 3 atom stereocenters. The summed E-state index contributed by atoms with van der Waals surface area (Å²) in [5, 5.41) is 9.70. The van der Waals surface area contributed by atoms with Gasteiger partial charge >= 0.3 is 5.97 Å². The van der Waals surface area contributed by atoms with Crippen molar-refractivity contribution in [3.05, 3.63) is 34.1 Å². The molecule has 2 fully saturated rings. The number of aliphatic carboxylic acids is 1.